The minimum atomic E-state index is -1.66. The first-order valence-corrected chi connectivity index (χ1v) is 24.5. The molecule has 1 aliphatic heterocycles. The molecule has 0 radical (unpaired) electrons. The van der Waals surface area contributed by atoms with E-state index in [0.29, 0.717) is 5.56 Å². The van der Waals surface area contributed by atoms with E-state index in [4.69, 9.17) is 28.7 Å². The molecule has 10 amide bonds. The fourth-order valence-corrected chi connectivity index (χ4v) is 7.56. The molecule has 1 heterocycles. The first-order valence-electron chi connectivity index (χ1n) is 24.5. The van der Waals surface area contributed by atoms with E-state index < -0.39 is 139 Å². The lowest BCUT2D eigenvalue weighted by atomic mass is 10.00. The number of carbonyl (C=O) groups excluding carboxylic acids is 10. The van der Waals surface area contributed by atoms with Gasteiger partial charge in [0.15, 0.2) is 0 Å². The Kier molecular flexibility index (Phi) is 28.1. The highest BCUT2D eigenvalue weighted by molar-refractivity contribution is 5.99. The predicted octanol–water partition coefficient (Wildman–Crippen LogP) is -7.34. The second-order valence-corrected chi connectivity index (χ2v) is 18.2. The summed E-state index contributed by atoms with van der Waals surface area (Å²) < 4.78 is 0. The average Bonchev–Trinajstić information content (AvgIpc) is 3.32. The quantitative estimate of drug-likeness (QED) is 0.0544. The number of rotatable bonds is 21. The molecule has 73 heavy (non-hydrogen) atoms. The summed E-state index contributed by atoms with van der Waals surface area (Å²) >= 11 is 0. The summed E-state index contributed by atoms with van der Waals surface area (Å²) in [5.41, 5.74) is 29.4. The van der Waals surface area contributed by atoms with Crippen LogP contribution in [0.5, 0.6) is 0 Å². The van der Waals surface area contributed by atoms with Crippen molar-refractivity contribution in [3.05, 3.63) is 35.9 Å². The Bertz CT molecular complexity index is 2000. The van der Waals surface area contributed by atoms with Crippen LogP contribution in [0.15, 0.2) is 30.3 Å². The Morgan fingerprint density at radius 3 is 1.59 bits per heavy atom. The molecule has 11 atom stereocenters. The summed E-state index contributed by atoms with van der Waals surface area (Å²) in [6.07, 6.45) is -4.33. The molecule has 410 valence electrons. The van der Waals surface area contributed by atoms with Crippen LogP contribution in [0.3, 0.4) is 0 Å². The first-order chi connectivity index (χ1) is 34.6. The van der Waals surface area contributed by atoms with Gasteiger partial charge < -0.3 is 92.0 Å². The van der Waals surface area contributed by atoms with E-state index in [1.54, 1.807) is 44.2 Å². The molecule has 27 heteroatoms. The van der Waals surface area contributed by atoms with E-state index in [0.717, 1.165) is 0 Å². The van der Waals surface area contributed by atoms with Gasteiger partial charge in [0.05, 0.1) is 12.2 Å². The number of aliphatic hydroxyl groups is 2. The molecule has 1 aromatic rings. The van der Waals surface area contributed by atoms with Gasteiger partial charge in [0.1, 0.15) is 54.4 Å². The Hall–Kier alpha value is -6.36. The lowest BCUT2D eigenvalue weighted by molar-refractivity contribution is -0.136. The number of hydrogen-bond acceptors (Lipinski definition) is 17. The van der Waals surface area contributed by atoms with E-state index in [1.807, 2.05) is 0 Å². The summed E-state index contributed by atoms with van der Waals surface area (Å²) in [5, 5.41) is 46.3. The molecule has 3 unspecified atom stereocenters. The third-order valence-electron chi connectivity index (χ3n) is 11.5. The normalized spacial score (nSPS) is 23.9. The average molecular weight is 1030 g/mol. The van der Waals surface area contributed by atoms with Gasteiger partial charge in [-0.15, -0.1) is 0 Å². The molecule has 0 aromatic heterocycles. The standard InChI is InChI=1S/C46H79N15O12/c1-24(2)22-33-43(70)55-28(10-16-47)38(65)54-31(13-19-50)42(69)61-36(25(3)62)45(72)52-21-15-32(56-39(66)30(12-18-49)57-46(73)37(26(4)63)60-35(64)14-20-51)41(68)53-29(11-17-48)40(67)59-34(44(71)58-33)23-27-8-6-5-7-9-27/h5-9,24-26,28-34,36-37,62-63H,10-23,47-51H2,1-4H3,(H,52,72)(H,53,68)(H,54,65)(H,55,70)(H,56,66)(H,57,73)(H,58,71)(H,59,67)(H,60,64)(H,61,69)/t25?,26?,28-,29-,30-,31-,32-,33-,34+,36?,37-/m0/s1. The van der Waals surface area contributed by atoms with E-state index in [1.165, 1.54) is 13.8 Å². The van der Waals surface area contributed by atoms with Crippen LogP contribution < -0.4 is 81.8 Å². The minimum Gasteiger partial charge on any atom is -0.391 e. The first kappa shape index (κ1) is 62.8. The maximum Gasteiger partial charge on any atom is 0.245 e. The van der Waals surface area contributed by atoms with Gasteiger partial charge in [0.2, 0.25) is 59.1 Å². The van der Waals surface area contributed by atoms with Crippen LogP contribution >= 0.6 is 0 Å². The van der Waals surface area contributed by atoms with Gasteiger partial charge in [0, 0.05) is 25.9 Å². The molecular weight excluding hydrogens is 955 g/mol. The number of nitrogens with two attached hydrogens (primary N) is 5. The van der Waals surface area contributed by atoms with Crippen LogP contribution in [0.2, 0.25) is 0 Å². The second-order valence-electron chi connectivity index (χ2n) is 18.2. The Labute approximate surface area is 424 Å². The smallest absolute Gasteiger partial charge is 0.245 e. The lowest BCUT2D eigenvalue weighted by Gasteiger charge is -2.28. The summed E-state index contributed by atoms with van der Waals surface area (Å²) in [5.74, 6) is -9.10. The number of nitrogens with one attached hydrogen (secondary N) is 10. The lowest BCUT2D eigenvalue weighted by Crippen LogP contribution is -2.61. The van der Waals surface area contributed by atoms with Gasteiger partial charge in [-0.1, -0.05) is 44.2 Å². The number of benzene rings is 1. The fraction of sp³-hybridized carbons (Fsp3) is 0.652. The van der Waals surface area contributed by atoms with Crippen molar-refractivity contribution in [2.75, 3.05) is 39.3 Å². The van der Waals surface area contributed by atoms with Crippen molar-refractivity contribution in [3.63, 3.8) is 0 Å². The molecule has 0 spiro atoms. The topological polar surface area (TPSA) is 462 Å². The summed E-state index contributed by atoms with van der Waals surface area (Å²) in [7, 11) is 0. The molecular formula is C46H79N15O12. The fourth-order valence-electron chi connectivity index (χ4n) is 7.56. The van der Waals surface area contributed by atoms with Gasteiger partial charge in [-0.3, -0.25) is 47.9 Å². The van der Waals surface area contributed by atoms with Crippen molar-refractivity contribution < 1.29 is 58.2 Å². The molecule has 1 saturated heterocycles. The Balaban J connectivity index is 2.75. The highest BCUT2D eigenvalue weighted by Gasteiger charge is 2.37. The van der Waals surface area contributed by atoms with Gasteiger partial charge in [-0.25, -0.2) is 0 Å². The van der Waals surface area contributed by atoms with Crippen LogP contribution in [0, 0.1) is 5.92 Å². The number of aliphatic hydroxyl groups excluding tert-OH is 2. The monoisotopic (exact) mass is 1030 g/mol. The van der Waals surface area contributed by atoms with E-state index in [-0.39, 0.29) is 83.6 Å². The van der Waals surface area contributed by atoms with Gasteiger partial charge >= 0.3 is 0 Å². The molecule has 1 fully saturated rings. The third kappa shape index (κ3) is 21.7. The second kappa shape index (κ2) is 32.7. The van der Waals surface area contributed by atoms with Gasteiger partial charge in [0.25, 0.3) is 0 Å². The summed E-state index contributed by atoms with van der Waals surface area (Å²) in [4.78, 5) is 138. The van der Waals surface area contributed by atoms with E-state index >= 15 is 0 Å². The van der Waals surface area contributed by atoms with Crippen LogP contribution in [-0.2, 0) is 54.4 Å². The number of carbonyl (C=O) groups is 10. The third-order valence-corrected chi connectivity index (χ3v) is 11.5. The summed E-state index contributed by atoms with van der Waals surface area (Å²) in [6.45, 7) is 4.93. The Morgan fingerprint density at radius 1 is 0.603 bits per heavy atom. The van der Waals surface area contributed by atoms with Gasteiger partial charge in [-0.2, -0.15) is 0 Å². The molecule has 27 nitrogen and oxygen atoms in total. The largest absolute Gasteiger partial charge is 0.391 e. The molecule has 2 rings (SSSR count). The van der Waals surface area contributed by atoms with Crippen LogP contribution in [-0.4, -0.2) is 175 Å². The zero-order valence-corrected chi connectivity index (χ0v) is 42.1. The van der Waals surface area contributed by atoms with E-state index in [9.17, 15) is 58.2 Å². The van der Waals surface area contributed by atoms with Crippen molar-refractivity contribution in [3.8, 4) is 0 Å². The summed E-state index contributed by atoms with van der Waals surface area (Å²) in [6, 6.07) is -4.60. The predicted molar refractivity (Wildman–Crippen MR) is 266 cm³/mol. The molecule has 1 aliphatic rings. The maximum atomic E-state index is 14.3. The van der Waals surface area contributed by atoms with Crippen LogP contribution in [0.4, 0.5) is 0 Å². The molecule has 0 aliphatic carbocycles. The zero-order valence-electron chi connectivity index (χ0n) is 42.1. The van der Waals surface area contributed by atoms with Crippen molar-refractivity contribution in [1.82, 2.24) is 53.2 Å². The highest BCUT2D eigenvalue weighted by atomic mass is 16.3. The van der Waals surface area contributed by atoms with Crippen molar-refractivity contribution in [2.24, 2.45) is 34.6 Å². The molecule has 0 bridgehead atoms. The molecule has 22 N–H and O–H groups in total. The van der Waals surface area contributed by atoms with Crippen LogP contribution in [0.25, 0.3) is 0 Å². The van der Waals surface area contributed by atoms with Crippen LogP contribution in [0.1, 0.15) is 78.2 Å². The molecule has 0 saturated carbocycles. The SMILES string of the molecule is CC(C)C[C@@H]1NC(=O)[C@@H](Cc2ccccc2)NC(=O)[C@H](CCN)NC(=O)[C@@H](NC(=O)[C@H](CCN)NC(=O)[C@@H](NC(=O)CCN)C(C)O)CCNC(=O)C(C(C)O)NC(=O)[C@H](CCN)NC(=O)[C@H](CCN)NC1=O. The van der Waals surface area contributed by atoms with Crippen molar-refractivity contribution in [2.45, 2.75) is 146 Å². The maximum absolute atomic E-state index is 14.3. The van der Waals surface area contributed by atoms with Crippen molar-refractivity contribution in [1.29, 1.82) is 0 Å². The molecule has 1 aromatic carbocycles. The minimum absolute atomic E-state index is 0.0576. The van der Waals surface area contributed by atoms with Crippen molar-refractivity contribution >= 4 is 59.1 Å². The number of hydrogen-bond donors (Lipinski definition) is 17. The van der Waals surface area contributed by atoms with E-state index in [2.05, 4.69) is 53.2 Å². The zero-order chi connectivity index (χ0) is 54.8. The Morgan fingerprint density at radius 2 is 1.10 bits per heavy atom. The number of amides is 10. The highest BCUT2D eigenvalue weighted by Crippen LogP contribution is 2.11. The van der Waals surface area contributed by atoms with Gasteiger partial charge in [-0.05, 0) is 90.0 Å².